The zero-order chi connectivity index (χ0) is 12.3. The molecular formula is C12H20N4O. The lowest BCUT2D eigenvalue weighted by atomic mass is 10.00. The van der Waals surface area contributed by atoms with Crippen molar-refractivity contribution in [3.05, 3.63) is 17.5 Å². The maximum absolute atomic E-state index is 11.9. The molecule has 17 heavy (non-hydrogen) atoms. The van der Waals surface area contributed by atoms with Crippen molar-refractivity contribution in [3.63, 3.8) is 0 Å². The number of hydrogen-bond donors (Lipinski definition) is 2. The molecular weight excluding hydrogens is 216 g/mol. The van der Waals surface area contributed by atoms with Crippen LogP contribution in [0.15, 0.2) is 6.07 Å². The zero-order valence-electron chi connectivity index (χ0n) is 10.5. The molecule has 1 aliphatic heterocycles. The molecule has 1 atom stereocenters. The third-order valence-corrected chi connectivity index (χ3v) is 3.18. The second-order valence-electron chi connectivity index (χ2n) is 4.72. The van der Waals surface area contributed by atoms with Crippen molar-refractivity contribution in [1.29, 1.82) is 0 Å². The lowest BCUT2D eigenvalue weighted by molar-refractivity contribution is 0.0935. The highest BCUT2D eigenvalue weighted by atomic mass is 16.2. The molecule has 5 nitrogen and oxygen atoms in total. The van der Waals surface area contributed by atoms with Crippen molar-refractivity contribution < 1.29 is 4.79 Å². The molecule has 2 rings (SSSR count). The van der Waals surface area contributed by atoms with E-state index in [0.29, 0.717) is 11.6 Å². The Morgan fingerprint density at radius 3 is 3.12 bits per heavy atom. The highest BCUT2D eigenvalue weighted by molar-refractivity contribution is 5.92. The van der Waals surface area contributed by atoms with E-state index in [4.69, 9.17) is 0 Å². The molecule has 0 aliphatic carbocycles. The van der Waals surface area contributed by atoms with E-state index >= 15 is 0 Å². The number of piperidine rings is 1. The number of hydrogen-bond acceptors (Lipinski definition) is 3. The monoisotopic (exact) mass is 236 g/mol. The van der Waals surface area contributed by atoms with Crippen LogP contribution in [0.1, 0.15) is 29.0 Å². The van der Waals surface area contributed by atoms with E-state index in [1.807, 2.05) is 13.0 Å². The Hall–Kier alpha value is -1.36. The topological polar surface area (TPSA) is 59.0 Å². The molecule has 5 heteroatoms. The van der Waals surface area contributed by atoms with Crippen molar-refractivity contribution in [1.82, 2.24) is 20.4 Å². The minimum absolute atomic E-state index is 0.0290. The quantitative estimate of drug-likeness (QED) is 0.801. The van der Waals surface area contributed by atoms with E-state index in [1.165, 1.54) is 12.8 Å². The number of aryl methyl sites for hydroxylation is 2. The lowest BCUT2D eigenvalue weighted by Crippen LogP contribution is -2.38. The van der Waals surface area contributed by atoms with Crippen molar-refractivity contribution >= 4 is 5.91 Å². The van der Waals surface area contributed by atoms with Gasteiger partial charge in [-0.15, -0.1) is 0 Å². The normalized spacial score (nSPS) is 20.2. The molecule has 0 bridgehead atoms. The van der Waals surface area contributed by atoms with Gasteiger partial charge in [0.2, 0.25) is 0 Å². The predicted molar refractivity (Wildman–Crippen MR) is 65.9 cm³/mol. The summed E-state index contributed by atoms with van der Waals surface area (Å²) in [6.07, 6.45) is 2.39. The van der Waals surface area contributed by atoms with Crippen LogP contribution in [0.4, 0.5) is 0 Å². The SMILES string of the molecule is Cc1cc(C(=O)NCC2CCCNC2)n(C)n1. The van der Waals surface area contributed by atoms with Gasteiger partial charge in [-0.25, -0.2) is 0 Å². The summed E-state index contributed by atoms with van der Waals surface area (Å²) in [5.74, 6) is 0.528. The first kappa shape index (κ1) is 12.1. The number of carbonyl (C=O) groups excluding carboxylic acids is 1. The van der Waals surface area contributed by atoms with Gasteiger partial charge in [0.25, 0.3) is 5.91 Å². The van der Waals surface area contributed by atoms with Gasteiger partial charge in [0.05, 0.1) is 5.69 Å². The molecule has 1 fully saturated rings. The van der Waals surface area contributed by atoms with Gasteiger partial charge in [0, 0.05) is 13.6 Å². The van der Waals surface area contributed by atoms with Crippen LogP contribution in [0.3, 0.4) is 0 Å². The molecule has 0 aromatic carbocycles. The Morgan fingerprint density at radius 2 is 2.53 bits per heavy atom. The molecule has 1 unspecified atom stereocenters. The van der Waals surface area contributed by atoms with Crippen LogP contribution >= 0.6 is 0 Å². The van der Waals surface area contributed by atoms with Gasteiger partial charge >= 0.3 is 0 Å². The molecule has 0 saturated carbocycles. The Morgan fingerprint density at radius 1 is 1.71 bits per heavy atom. The summed E-state index contributed by atoms with van der Waals surface area (Å²) in [6, 6.07) is 1.81. The first-order valence-electron chi connectivity index (χ1n) is 6.16. The van der Waals surface area contributed by atoms with E-state index in [-0.39, 0.29) is 5.91 Å². The predicted octanol–water partition coefficient (Wildman–Crippen LogP) is 0.458. The number of rotatable bonds is 3. The van der Waals surface area contributed by atoms with Gasteiger partial charge in [0.1, 0.15) is 5.69 Å². The van der Waals surface area contributed by atoms with Crippen LogP contribution in [0.2, 0.25) is 0 Å². The van der Waals surface area contributed by atoms with Gasteiger partial charge in [-0.1, -0.05) is 0 Å². The second kappa shape index (κ2) is 5.31. The lowest BCUT2D eigenvalue weighted by Gasteiger charge is -2.22. The molecule has 2 N–H and O–H groups in total. The molecule has 1 aromatic rings. The number of aromatic nitrogens is 2. The maximum atomic E-state index is 11.9. The van der Waals surface area contributed by atoms with E-state index in [2.05, 4.69) is 15.7 Å². The first-order chi connectivity index (χ1) is 8.16. The summed E-state index contributed by atoms with van der Waals surface area (Å²) in [6.45, 7) is 4.74. The molecule has 1 aromatic heterocycles. The van der Waals surface area contributed by atoms with Crippen molar-refractivity contribution in [3.8, 4) is 0 Å². The minimum Gasteiger partial charge on any atom is -0.350 e. The third kappa shape index (κ3) is 3.06. The van der Waals surface area contributed by atoms with E-state index < -0.39 is 0 Å². The van der Waals surface area contributed by atoms with Gasteiger partial charge < -0.3 is 10.6 Å². The van der Waals surface area contributed by atoms with E-state index in [0.717, 1.165) is 25.3 Å². The average Bonchev–Trinajstić information content (AvgIpc) is 2.67. The Bertz CT molecular complexity index is 393. The van der Waals surface area contributed by atoms with Crippen LogP contribution in [-0.2, 0) is 7.05 Å². The van der Waals surface area contributed by atoms with Crippen molar-refractivity contribution in [2.45, 2.75) is 19.8 Å². The zero-order valence-corrected chi connectivity index (χ0v) is 10.5. The first-order valence-corrected chi connectivity index (χ1v) is 6.16. The van der Waals surface area contributed by atoms with Gasteiger partial charge in [-0.2, -0.15) is 5.10 Å². The van der Waals surface area contributed by atoms with Crippen molar-refractivity contribution in [2.75, 3.05) is 19.6 Å². The fraction of sp³-hybridized carbons (Fsp3) is 0.667. The second-order valence-corrected chi connectivity index (χ2v) is 4.72. The number of amides is 1. The number of carbonyl (C=O) groups is 1. The summed E-state index contributed by atoms with van der Waals surface area (Å²) in [5.41, 5.74) is 1.50. The standard InChI is InChI=1S/C12H20N4O/c1-9-6-11(16(2)15-9)12(17)14-8-10-4-3-5-13-7-10/h6,10,13H,3-5,7-8H2,1-2H3,(H,14,17). The van der Waals surface area contributed by atoms with Gasteiger partial charge in [-0.05, 0) is 44.8 Å². The molecule has 0 radical (unpaired) electrons. The fourth-order valence-electron chi connectivity index (χ4n) is 2.25. The fourth-order valence-corrected chi connectivity index (χ4v) is 2.25. The summed E-state index contributed by atoms with van der Waals surface area (Å²) < 4.78 is 1.63. The van der Waals surface area contributed by atoms with Gasteiger partial charge in [-0.3, -0.25) is 9.48 Å². The van der Waals surface area contributed by atoms with Crippen LogP contribution in [-0.4, -0.2) is 35.3 Å². The largest absolute Gasteiger partial charge is 0.350 e. The molecule has 1 amide bonds. The van der Waals surface area contributed by atoms with Crippen molar-refractivity contribution in [2.24, 2.45) is 13.0 Å². The Labute approximate surface area is 102 Å². The van der Waals surface area contributed by atoms with Crippen LogP contribution in [0.5, 0.6) is 0 Å². The summed E-state index contributed by atoms with van der Waals surface area (Å²) in [7, 11) is 1.80. The highest BCUT2D eigenvalue weighted by Crippen LogP contribution is 2.09. The van der Waals surface area contributed by atoms with Gasteiger partial charge in [0.15, 0.2) is 0 Å². The Kier molecular flexibility index (Phi) is 3.78. The summed E-state index contributed by atoms with van der Waals surface area (Å²) >= 11 is 0. The maximum Gasteiger partial charge on any atom is 0.269 e. The van der Waals surface area contributed by atoms with Crippen LogP contribution in [0, 0.1) is 12.8 Å². The number of nitrogens with one attached hydrogen (secondary N) is 2. The minimum atomic E-state index is -0.0290. The average molecular weight is 236 g/mol. The third-order valence-electron chi connectivity index (χ3n) is 3.18. The molecule has 2 heterocycles. The molecule has 0 spiro atoms. The van der Waals surface area contributed by atoms with Crippen LogP contribution in [0.25, 0.3) is 0 Å². The van der Waals surface area contributed by atoms with E-state index in [1.54, 1.807) is 11.7 Å². The molecule has 94 valence electrons. The highest BCUT2D eigenvalue weighted by Gasteiger charge is 2.16. The molecule has 1 saturated heterocycles. The van der Waals surface area contributed by atoms with Crippen LogP contribution < -0.4 is 10.6 Å². The molecule has 1 aliphatic rings. The summed E-state index contributed by atoms with van der Waals surface area (Å²) in [4.78, 5) is 11.9. The summed E-state index contributed by atoms with van der Waals surface area (Å²) in [5, 5.41) is 10.5. The number of nitrogens with zero attached hydrogens (tertiary/aromatic N) is 2. The van der Waals surface area contributed by atoms with E-state index in [9.17, 15) is 4.79 Å². The Balaban J connectivity index is 1.86. The smallest absolute Gasteiger partial charge is 0.269 e.